The van der Waals surface area contributed by atoms with Gasteiger partial charge in [0.15, 0.2) is 0 Å². The molecule has 18 heavy (non-hydrogen) atoms. The second-order valence-corrected chi connectivity index (χ2v) is 20.9. The maximum absolute atomic E-state index is 5.71. The van der Waals surface area contributed by atoms with Gasteiger partial charge in [0.05, 0.1) is 0 Å². The molecule has 2 rings (SSSR count). The molecule has 1 aliphatic heterocycles. The van der Waals surface area contributed by atoms with Crippen molar-refractivity contribution in [1.29, 1.82) is 0 Å². The molecule has 1 aromatic rings. The third-order valence-corrected chi connectivity index (χ3v) is 9.34. The van der Waals surface area contributed by atoms with Gasteiger partial charge in [-0.25, -0.2) is 0 Å². The van der Waals surface area contributed by atoms with Gasteiger partial charge in [-0.3, -0.25) is 0 Å². The van der Waals surface area contributed by atoms with Crippen LogP contribution in [0.5, 0.6) is 0 Å². The zero-order valence-corrected chi connectivity index (χ0v) is 14.9. The summed E-state index contributed by atoms with van der Waals surface area (Å²) < 4.78 is 7.25. The summed E-state index contributed by atoms with van der Waals surface area (Å²) in [5.74, 6) is 1.37. The van der Waals surface area contributed by atoms with Gasteiger partial charge < -0.3 is 0 Å². The molecule has 0 bridgehead atoms. The van der Waals surface area contributed by atoms with Crippen LogP contribution in [0.15, 0.2) is 29.3 Å². The van der Waals surface area contributed by atoms with Gasteiger partial charge in [0.2, 0.25) is 0 Å². The first-order valence-electron chi connectivity index (χ1n) is 6.69. The quantitative estimate of drug-likeness (QED) is 0.767. The summed E-state index contributed by atoms with van der Waals surface area (Å²) in [6.45, 7) is 5.11. The summed E-state index contributed by atoms with van der Waals surface area (Å²) in [7, 11) is 0. The van der Waals surface area contributed by atoms with Crippen molar-refractivity contribution < 1.29 is 4.74 Å². The summed E-state index contributed by atoms with van der Waals surface area (Å²) >= 11 is -1.92. The normalized spacial score (nSPS) is 19.9. The molecule has 0 aliphatic carbocycles. The topological polar surface area (TPSA) is 21.6 Å². The molecule has 1 aromatic carbocycles. The molecule has 2 nitrogen and oxygen atoms in total. The Morgan fingerprint density at radius 3 is 2.22 bits per heavy atom. The van der Waals surface area contributed by atoms with Crippen LogP contribution >= 0.6 is 0 Å². The van der Waals surface area contributed by atoms with Crippen molar-refractivity contribution in [3.05, 3.63) is 29.8 Å². The Morgan fingerprint density at radius 2 is 1.78 bits per heavy atom. The van der Waals surface area contributed by atoms with Gasteiger partial charge in [0.25, 0.3) is 0 Å². The zero-order valence-electron chi connectivity index (χ0n) is 12.0. The average molecular weight is 352 g/mol. The van der Waals surface area contributed by atoms with E-state index < -0.39 is 18.4 Å². The van der Waals surface area contributed by atoms with Gasteiger partial charge in [-0.1, -0.05) is 0 Å². The first kappa shape index (κ1) is 13.9. The maximum atomic E-state index is 5.71. The van der Waals surface area contributed by atoms with E-state index in [-0.39, 0.29) is 0 Å². The van der Waals surface area contributed by atoms with E-state index in [1.165, 1.54) is 0 Å². The van der Waals surface area contributed by atoms with Crippen LogP contribution in [0.2, 0.25) is 14.8 Å². The predicted octanol–water partition coefficient (Wildman–Crippen LogP) is 3.03. The van der Waals surface area contributed by atoms with Gasteiger partial charge in [-0.05, 0) is 0 Å². The third-order valence-electron chi connectivity index (χ3n) is 3.44. The average Bonchev–Trinajstić information content (AvgIpc) is 2.77. The Balaban J connectivity index is 2.19. The van der Waals surface area contributed by atoms with E-state index in [9.17, 15) is 0 Å². The van der Waals surface area contributed by atoms with E-state index in [2.05, 4.69) is 57.9 Å². The van der Waals surface area contributed by atoms with E-state index in [1.54, 1.807) is 3.58 Å². The molecule has 0 saturated heterocycles. The summed E-state index contributed by atoms with van der Waals surface area (Å²) in [5, 5.41) is 0. The minimum absolute atomic E-state index is 0.321. The molecule has 0 aromatic heterocycles. The minimum atomic E-state index is -1.92. The van der Waals surface area contributed by atoms with Crippen molar-refractivity contribution in [2.45, 2.75) is 34.7 Å². The summed E-state index contributed by atoms with van der Waals surface area (Å²) in [4.78, 5) is 12.0. The standard InChI is InChI=1S/C12H14NO.3CH3.Sn/c1-9(2)11-8-14-12(13-11)10-6-4-3-5-7-10;;;;/h4-7,9,11H,8H2,1-2H3;3*1H3;. The number of benzene rings is 1. The Bertz CT molecular complexity index is 443. The molecule has 98 valence electrons. The van der Waals surface area contributed by atoms with Crippen LogP contribution in [-0.2, 0) is 4.74 Å². The molecule has 1 aliphatic rings. The molecule has 0 saturated carbocycles. The number of rotatable bonds is 3. The van der Waals surface area contributed by atoms with E-state index in [4.69, 9.17) is 4.74 Å². The van der Waals surface area contributed by atoms with Gasteiger partial charge in [0.1, 0.15) is 0 Å². The fraction of sp³-hybridized carbons (Fsp3) is 0.533. The fourth-order valence-corrected chi connectivity index (χ4v) is 5.33. The van der Waals surface area contributed by atoms with Crippen LogP contribution in [0.25, 0.3) is 0 Å². The van der Waals surface area contributed by atoms with E-state index in [1.807, 2.05) is 0 Å². The second-order valence-electron chi connectivity index (χ2n) is 6.38. The molecule has 3 heteroatoms. The van der Waals surface area contributed by atoms with Crippen LogP contribution in [0.1, 0.15) is 19.4 Å². The zero-order chi connectivity index (χ0) is 13.3. The van der Waals surface area contributed by atoms with E-state index in [0.29, 0.717) is 12.0 Å². The summed E-state index contributed by atoms with van der Waals surface area (Å²) in [6.07, 6.45) is 0. The van der Waals surface area contributed by atoms with Crippen LogP contribution in [0.4, 0.5) is 0 Å². The van der Waals surface area contributed by atoms with Gasteiger partial charge in [-0.2, -0.15) is 0 Å². The Morgan fingerprint density at radius 1 is 1.17 bits per heavy atom. The molecule has 0 N–H and O–H groups in total. The number of nitrogens with zero attached hydrogens (tertiary/aromatic N) is 1. The molecular weight excluding hydrogens is 329 g/mol. The molecule has 0 fully saturated rings. The third kappa shape index (κ3) is 3.08. The number of aliphatic imine (C=N–C) groups is 1. The predicted molar refractivity (Wildman–Crippen MR) is 80.5 cm³/mol. The van der Waals surface area contributed by atoms with Gasteiger partial charge in [0, 0.05) is 0 Å². The molecule has 0 spiro atoms. The number of ether oxygens (including phenoxy) is 1. The fourth-order valence-electron chi connectivity index (χ4n) is 2.00. The first-order valence-corrected chi connectivity index (χ1v) is 16.7. The second kappa shape index (κ2) is 5.23. The Labute approximate surface area is 114 Å². The van der Waals surface area contributed by atoms with Crippen LogP contribution in [0.3, 0.4) is 0 Å². The van der Waals surface area contributed by atoms with Crippen LogP contribution in [0, 0.1) is 5.92 Å². The van der Waals surface area contributed by atoms with Gasteiger partial charge in [-0.15, -0.1) is 0 Å². The number of hydrogen-bond donors (Lipinski definition) is 0. The summed E-state index contributed by atoms with van der Waals surface area (Å²) in [6, 6.07) is 9.18. The van der Waals surface area contributed by atoms with Crippen LogP contribution < -0.4 is 3.58 Å². The van der Waals surface area contributed by atoms with Crippen molar-refractivity contribution in [3.63, 3.8) is 0 Å². The Hall–Kier alpha value is -0.511. The van der Waals surface area contributed by atoms with Gasteiger partial charge >= 0.3 is 115 Å². The van der Waals surface area contributed by atoms with Crippen molar-refractivity contribution in [1.82, 2.24) is 0 Å². The molecule has 1 heterocycles. The first-order chi connectivity index (χ1) is 8.38. The van der Waals surface area contributed by atoms with Crippen molar-refractivity contribution >= 4 is 27.9 Å². The van der Waals surface area contributed by atoms with Crippen molar-refractivity contribution in [2.75, 3.05) is 6.61 Å². The molecular formula is C15H23NOSn. The van der Waals surface area contributed by atoms with Crippen molar-refractivity contribution in [2.24, 2.45) is 10.9 Å². The monoisotopic (exact) mass is 353 g/mol. The summed E-state index contributed by atoms with van der Waals surface area (Å²) in [5.41, 5.74) is 1.12. The van der Waals surface area contributed by atoms with Crippen LogP contribution in [-0.4, -0.2) is 36.9 Å². The number of hydrogen-bond acceptors (Lipinski definition) is 2. The SMILES string of the molecule is CC(C)C1COC(c2cc[c]([Sn]([CH3])([CH3])[CH3])cc2)=N1. The van der Waals surface area contributed by atoms with E-state index >= 15 is 0 Å². The molecule has 0 amide bonds. The molecule has 1 unspecified atom stereocenters. The Kier molecular flexibility index (Phi) is 4.05. The van der Waals surface area contributed by atoms with Crippen molar-refractivity contribution in [3.8, 4) is 0 Å². The molecule has 0 radical (unpaired) electrons. The molecule has 1 atom stereocenters. The van der Waals surface area contributed by atoms with E-state index in [0.717, 1.165) is 18.1 Å².